The molecule has 3 aromatic rings. The van der Waals surface area contributed by atoms with E-state index in [1.54, 1.807) is 12.1 Å². The first-order chi connectivity index (χ1) is 13.4. The minimum Gasteiger partial charge on any atom is -0.478 e. The summed E-state index contributed by atoms with van der Waals surface area (Å²) in [5, 5.41) is 20.5. The molecule has 0 spiro atoms. The number of thiazole rings is 1. The Morgan fingerprint density at radius 1 is 0.964 bits per heavy atom. The highest BCUT2D eigenvalue weighted by molar-refractivity contribution is 7.80. The summed E-state index contributed by atoms with van der Waals surface area (Å²) in [6.45, 7) is 1.46. The first kappa shape index (κ1) is 19.5. The Kier molecular flexibility index (Phi) is 5.97. The van der Waals surface area contributed by atoms with Gasteiger partial charge in [-0.05, 0) is 48.6 Å². The van der Waals surface area contributed by atoms with Crippen LogP contribution in [-0.2, 0) is 4.79 Å². The lowest BCUT2D eigenvalue weighted by Gasteiger charge is -2.08. The molecule has 0 aliphatic rings. The minimum atomic E-state index is -0.979. The van der Waals surface area contributed by atoms with Crippen LogP contribution in [0, 0.1) is 0 Å². The molecule has 0 saturated heterocycles. The Bertz CT molecular complexity index is 1010. The number of carbonyl (C=O) groups excluding carboxylic acids is 1. The standard InChI is InChI=1S/C19H16N4O3S2/c1-11(24)20-14-6-2-12(3-7-14)16-10-28-19(22-16)23-18(27)21-15-8-4-13(5-9-15)17(25)26/h2-10H,1H3,(H,20,24)(H,25,26)(H2,21,22,23,27). The van der Waals surface area contributed by atoms with Gasteiger partial charge in [0.05, 0.1) is 11.3 Å². The molecule has 7 nitrogen and oxygen atoms in total. The van der Waals surface area contributed by atoms with Gasteiger partial charge in [0.25, 0.3) is 0 Å². The number of aromatic nitrogens is 1. The second-order valence-corrected chi connectivity index (χ2v) is 7.02. The molecule has 3 rings (SSSR count). The number of hydrogen-bond donors (Lipinski definition) is 4. The fourth-order valence-electron chi connectivity index (χ4n) is 2.35. The normalized spacial score (nSPS) is 10.2. The second kappa shape index (κ2) is 8.59. The number of carbonyl (C=O) groups is 2. The molecule has 2 aromatic carbocycles. The van der Waals surface area contributed by atoms with Crippen LogP contribution in [0.5, 0.6) is 0 Å². The molecule has 0 unspecified atom stereocenters. The summed E-state index contributed by atoms with van der Waals surface area (Å²) in [5.41, 5.74) is 3.31. The zero-order chi connectivity index (χ0) is 20.1. The third kappa shape index (κ3) is 5.12. The summed E-state index contributed by atoms with van der Waals surface area (Å²) in [6, 6.07) is 13.7. The van der Waals surface area contributed by atoms with Crippen molar-refractivity contribution < 1.29 is 14.7 Å². The van der Waals surface area contributed by atoms with Crippen molar-refractivity contribution in [2.45, 2.75) is 6.92 Å². The molecule has 9 heteroatoms. The lowest BCUT2D eigenvalue weighted by Crippen LogP contribution is -2.18. The lowest BCUT2D eigenvalue weighted by atomic mass is 10.1. The van der Waals surface area contributed by atoms with Crippen LogP contribution in [0.15, 0.2) is 53.9 Å². The second-order valence-electron chi connectivity index (χ2n) is 5.76. The number of amides is 1. The number of aromatic carboxylic acids is 1. The molecule has 1 amide bonds. The molecule has 0 saturated carbocycles. The van der Waals surface area contributed by atoms with E-state index in [1.165, 1.54) is 30.4 Å². The molecule has 142 valence electrons. The Labute approximate surface area is 170 Å². The van der Waals surface area contributed by atoms with Crippen LogP contribution in [0.3, 0.4) is 0 Å². The highest BCUT2D eigenvalue weighted by Crippen LogP contribution is 2.26. The van der Waals surface area contributed by atoms with E-state index in [0.717, 1.165) is 16.9 Å². The van der Waals surface area contributed by atoms with Crippen molar-refractivity contribution in [1.29, 1.82) is 0 Å². The summed E-state index contributed by atoms with van der Waals surface area (Å²) >= 11 is 6.68. The molecule has 0 bridgehead atoms. The van der Waals surface area contributed by atoms with Crippen molar-refractivity contribution in [2.75, 3.05) is 16.0 Å². The Hall–Kier alpha value is -3.30. The number of nitrogens with zero attached hydrogens (tertiary/aromatic N) is 1. The molecule has 0 atom stereocenters. The van der Waals surface area contributed by atoms with Gasteiger partial charge in [-0.15, -0.1) is 11.3 Å². The predicted molar refractivity (Wildman–Crippen MR) is 115 cm³/mol. The van der Waals surface area contributed by atoms with E-state index >= 15 is 0 Å². The maximum atomic E-state index is 11.1. The molecular weight excluding hydrogens is 396 g/mol. The molecule has 0 radical (unpaired) electrons. The lowest BCUT2D eigenvalue weighted by molar-refractivity contribution is -0.114. The molecule has 0 aliphatic heterocycles. The van der Waals surface area contributed by atoms with Crippen molar-refractivity contribution in [3.05, 3.63) is 59.5 Å². The Morgan fingerprint density at radius 3 is 2.18 bits per heavy atom. The number of rotatable bonds is 5. The first-order valence-corrected chi connectivity index (χ1v) is 9.44. The number of thiocarbonyl (C=S) groups is 1. The van der Waals surface area contributed by atoms with Crippen molar-refractivity contribution in [1.82, 2.24) is 4.98 Å². The molecular formula is C19H16N4O3S2. The summed E-state index contributed by atoms with van der Waals surface area (Å²) in [7, 11) is 0. The predicted octanol–water partition coefficient (Wildman–Crippen LogP) is 4.28. The Morgan fingerprint density at radius 2 is 1.57 bits per heavy atom. The van der Waals surface area contributed by atoms with Crippen LogP contribution in [0.25, 0.3) is 11.3 Å². The summed E-state index contributed by atoms with van der Waals surface area (Å²) in [5.74, 6) is -1.10. The largest absolute Gasteiger partial charge is 0.478 e. The third-order valence-corrected chi connectivity index (χ3v) is 4.58. The van der Waals surface area contributed by atoms with Gasteiger partial charge in [0, 0.05) is 29.2 Å². The number of nitrogens with one attached hydrogen (secondary N) is 3. The molecule has 1 heterocycles. The first-order valence-electron chi connectivity index (χ1n) is 8.15. The van der Waals surface area contributed by atoms with Crippen molar-refractivity contribution >= 4 is 57.0 Å². The van der Waals surface area contributed by atoms with Crippen LogP contribution in [0.2, 0.25) is 0 Å². The third-order valence-electron chi connectivity index (χ3n) is 3.62. The van der Waals surface area contributed by atoms with Crippen LogP contribution >= 0.6 is 23.6 Å². The molecule has 0 aliphatic carbocycles. The van der Waals surface area contributed by atoms with E-state index in [0.29, 0.717) is 15.9 Å². The summed E-state index contributed by atoms with van der Waals surface area (Å²) in [6.07, 6.45) is 0. The van der Waals surface area contributed by atoms with Crippen molar-refractivity contribution in [3.63, 3.8) is 0 Å². The number of benzene rings is 2. The smallest absolute Gasteiger partial charge is 0.335 e. The fourth-order valence-corrected chi connectivity index (χ4v) is 3.35. The van der Waals surface area contributed by atoms with Crippen LogP contribution < -0.4 is 16.0 Å². The zero-order valence-electron chi connectivity index (χ0n) is 14.7. The van der Waals surface area contributed by atoms with Crippen molar-refractivity contribution in [3.8, 4) is 11.3 Å². The average Bonchev–Trinajstić information content (AvgIpc) is 3.10. The van der Waals surface area contributed by atoms with E-state index < -0.39 is 5.97 Å². The van der Waals surface area contributed by atoms with Gasteiger partial charge in [-0.25, -0.2) is 9.78 Å². The average molecular weight is 412 g/mol. The number of hydrogen-bond acceptors (Lipinski definition) is 5. The van der Waals surface area contributed by atoms with E-state index in [1.807, 2.05) is 29.6 Å². The number of carboxylic acids is 1. The van der Waals surface area contributed by atoms with Gasteiger partial charge >= 0.3 is 5.97 Å². The van der Waals surface area contributed by atoms with Gasteiger partial charge in [-0.3, -0.25) is 4.79 Å². The topological polar surface area (TPSA) is 103 Å². The maximum Gasteiger partial charge on any atom is 0.335 e. The number of carboxylic acid groups (broad SMARTS) is 1. The van der Waals surface area contributed by atoms with Crippen LogP contribution in [0.1, 0.15) is 17.3 Å². The van der Waals surface area contributed by atoms with E-state index in [9.17, 15) is 9.59 Å². The summed E-state index contributed by atoms with van der Waals surface area (Å²) < 4.78 is 0. The van der Waals surface area contributed by atoms with Gasteiger partial charge in [0.15, 0.2) is 10.2 Å². The van der Waals surface area contributed by atoms with Gasteiger partial charge in [-0.2, -0.15) is 0 Å². The quantitative estimate of drug-likeness (QED) is 0.464. The highest BCUT2D eigenvalue weighted by Gasteiger charge is 2.08. The SMILES string of the molecule is CC(=O)Nc1ccc(-c2csc(NC(=S)Nc3ccc(C(=O)O)cc3)n2)cc1. The minimum absolute atomic E-state index is 0.119. The van der Waals surface area contributed by atoms with Gasteiger partial charge in [0.2, 0.25) is 5.91 Å². The molecule has 4 N–H and O–H groups in total. The number of anilines is 3. The zero-order valence-corrected chi connectivity index (χ0v) is 16.4. The van der Waals surface area contributed by atoms with Gasteiger partial charge in [0.1, 0.15) is 0 Å². The molecule has 28 heavy (non-hydrogen) atoms. The van der Waals surface area contributed by atoms with Gasteiger partial charge in [-0.1, -0.05) is 12.1 Å². The van der Waals surface area contributed by atoms with E-state index in [-0.39, 0.29) is 11.5 Å². The summed E-state index contributed by atoms with van der Waals surface area (Å²) in [4.78, 5) is 26.5. The molecule has 0 fully saturated rings. The maximum absolute atomic E-state index is 11.1. The van der Waals surface area contributed by atoms with Crippen molar-refractivity contribution in [2.24, 2.45) is 0 Å². The van der Waals surface area contributed by atoms with E-state index in [4.69, 9.17) is 17.3 Å². The highest BCUT2D eigenvalue weighted by atomic mass is 32.1. The van der Waals surface area contributed by atoms with Crippen LogP contribution in [-0.4, -0.2) is 27.1 Å². The van der Waals surface area contributed by atoms with Crippen LogP contribution in [0.4, 0.5) is 16.5 Å². The fraction of sp³-hybridized carbons (Fsp3) is 0.0526. The van der Waals surface area contributed by atoms with Gasteiger partial charge < -0.3 is 21.1 Å². The molecule has 1 aromatic heterocycles. The van der Waals surface area contributed by atoms with E-state index in [2.05, 4.69) is 20.9 Å². The Balaban J connectivity index is 1.61. The monoisotopic (exact) mass is 412 g/mol.